The number of hydrogen-bond donors (Lipinski definition) is 1. The first kappa shape index (κ1) is 22.2. The highest BCUT2D eigenvalue weighted by Crippen LogP contribution is 2.28. The monoisotopic (exact) mass is 422 g/mol. The summed E-state index contributed by atoms with van der Waals surface area (Å²) >= 11 is 0. The molecule has 29 heavy (non-hydrogen) atoms. The summed E-state index contributed by atoms with van der Waals surface area (Å²) in [4.78, 5) is 15.1. The fourth-order valence-corrected chi connectivity index (χ4v) is 6.19. The molecule has 1 saturated heterocycles. The molecule has 3 rings (SSSR count). The van der Waals surface area contributed by atoms with Gasteiger partial charge in [0, 0.05) is 25.6 Å². The first-order valence-electron chi connectivity index (χ1n) is 10.9. The van der Waals surface area contributed by atoms with Crippen molar-refractivity contribution in [3.05, 3.63) is 35.9 Å². The second kappa shape index (κ2) is 10.0. The van der Waals surface area contributed by atoms with Crippen molar-refractivity contribution in [1.29, 1.82) is 0 Å². The van der Waals surface area contributed by atoms with E-state index in [0.29, 0.717) is 32.5 Å². The summed E-state index contributed by atoms with van der Waals surface area (Å²) in [6.07, 6.45) is 5.21. The summed E-state index contributed by atoms with van der Waals surface area (Å²) in [7, 11) is -3.38. The van der Waals surface area contributed by atoms with Crippen LogP contribution in [0.4, 0.5) is 0 Å². The molecule has 1 aromatic carbocycles. The summed E-state index contributed by atoms with van der Waals surface area (Å²) in [5.74, 6) is -0.0559. The van der Waals surface area contributed by atoms with Crippen LogP contribution < -0.4 is 0 Å². The van der Waals surface area contributed by atoms with Gasteiger partial charge in [-0.05, 0) is 37.7 Å². The van der Waals surface area contributed by atoms with Crippen molar-refractivity contribution in [2.75, 3.05) is 19.6 Å². The van der Waals surface area contributed by atoms with Gasteiger partial charge in [-0.3, -0.25) is 4.79 Å². The van der Waals surface area contributed by atoms with Gasteiger partial charge in [0.05, 0.1) is 17.9 Å². The molecule has 1 amide bonds. The van der Waals surface area contributed by atoms with E-state index in [-0.39, 0.29) is 23.6 Å². The van der Waals surface area contributed by atoms with Gasteiger partial charge < -0.3 is 10.0 Å². The van der Waals surface area contributed by atoms with Crippen LogP contribution in [0.1, 0.15) is 57.4 Å². The van der Waals surface area contributed by atoms with Crippen molar-refractivity contribution in [2.24, 2.45) is 5.92 Å². The maximum Gasteiger partial charge on any atom is 0.226 e. The van der Waals surface area contributed by atoms with Crippen LogP contribution in [0.5, 0.6) is 0 Å². The minimum Gasteiger partial charge on any atom is -0.391 e. The summed E-state index contributed by atoms with van der Waals surface area (Å²) in [5.41, 5.74) is 0.783. The van der Waals surface area contributed by atoms with Crippen molar-refractivity contribution in [3.8, 4) is 0 Å². The Hall–Kier alpha value is -1.44. The zero-order chi connectivity index (χ0) is 20.9. The third-order valence-electron chi connectivity index (χ3n) is 6.23. The van der Waals surface area contributed by atoms with Crippen molar-refractivity contribution in [3.63, 3.8) is 0 Å². The van der Waals surface area contributed by atoms with Crippen LogP contribution in [0.2, 0.25) is 0 Å². The molecule has 6 nitrogen and oxygen atoms in total. The average molecular weight is 423 g/mol. The maximum absolute atomic E-state index is 13.2. The summed E-state index contributed by atoms with van der Waals surface area (Å²) < 4.78 is 27.0. The van der Waals surface area contributed by atoms with E-state index in [2.05, 4.69) is 0 Å². The Morgan fingerprint density at radius 2 is 1.76 bits per heavy atom. The number of benzene rings is 1. The van der Waals surface area contributed by atoms with Crippen LogP contribution in [-0.4, -0.2) is 60.4 Å². The van der Waals surface area contributed by atoms with Crippen molar-refractivity contribution in [1.82, 2.24) is 9.21 Å². The first-order valence-corrected chi connectivity index (χ1v) is 12.5. The smallest absolute Gasteiger partial charge is 0.226 e. The minimum atomic E-state index is -3.38. The van der Waals surface area contributed by atoms with Gasteiger partial charge in [-0.2, -0.15) is 0 Å². The predicted octanol–water partition coefficient (Wildman–Crippen LogP) is 2.77. The Bertz CT molecular complexity index is 760. The summed E-state index contributed by atoms with van der Waals surface area (Å²) in [6, 6.07) is 9.13. The highest BCUT2D eigenvalue weighted by molar-refractivity contribution is 7.88. The number of nitrogens with zero attached hydrogens (tertiary/aromatic N) is 2. The van der Waals surface area contributed by atoms with Crippen molar-refractivity contribution in [2.45, 2.75) is 69.8 Å². The molecule has 0 radical (unpaired) electrons. The van der Waals surface area contributed by atoms with Crippen LogP contribution in [-0.2, 0) is 20.6 Å². The third-order valence-corrected chi connectivity index (χ3v) is 8.08. The van der Waals surface area contributed by atoms with Gasteiger partial charge in [0.2, 0.25) is 15.9 Å². The molecule has 0 bridgehead atoms. The Morgan fingerprint density at radius 3 is 2.38 bits per heavy atom. The molecule has 0 spiro atoms. The van der Waals surface area contributed by atoms with Crippen molar-refractivity contribution < 1.29 is 18.3 Å². The topological polar surface area (TPSA) is 77.9 Å². The van der Waals surface area contributed by atoms with Crippen LogP contribution >= 0.6 is 0 Å². The number of carbonyl (C=O) groups excluding carboxylic acids is 1. The van der Waals surface area contributed by atoms with Crippen molar-refractivity contribution >= 4 is 15.9 Å². The lowest BCUT2D eigenvalue weighted by molar-refractivity contribution is -0.143. The number of aliphatic hydroxyl groups excluding tert-OH is 1. The summed E-state index contributed by atoms with van der Waals surface area (Å²) in [5, 5.41) is 10.4. The van der Waals surface area contributed by atoms with Crippen LogP contribution in [0.3, 0.4) is 0 Å². The maximum atomic E-state index is 13.2. The lowest BCUT2D eigenvalue weighted by Gasteiger charge is -2.40. The number of aliphatic hydroxyl groups is 1. The Balaban J connectivity index is 1.60. The Labute approximate surface area is 174 Å². The van der Waals surface area contributed by atoms with Gasteiger partial charge >= 0.3 is 0 Å². The zero-order valence-electron chi connectivity index (χ0n) is 17.4. The molecule has 1 heterocycles. The number of hydrogen-bond acceptors (Lipinski definition) is 4. The van der Waals surface area contributed by atoms with E-state index in [0.717, 1.165) is 37.7 Å². The normalized spacial score (nSPS) is 24.3. The third kappa shape index (κ3) is 5.58. The fourth-order valence-electron chi connectivity index (χ4n) is 4.63. The highest BCUT2D eigenvalue weighted by atomic mass is 32.2. The molecule has 2 atom stereocenters. The van der Waals surface area contributed by atoms with Gasteiger partial charge in [-0.1, -0.05) is 50.1 Å². The van der Waals surface area contributed by atoms with E-state index in [1.54, 1.807) is 0 Å². The number of sulfonamides is 1. The standard InChI is InChI=1S/C22H34N2O4S/c1-2-14-24(20-10-6-7-11-21(20)25)22(26)19-12-15-23(16-13-19)29(27,28)17-18-8-4-3-5-9-18/h3-5,8-9,19-21,25H,2,6-7,10-17H2,1H3/t20-,21+/m1/s1. The molecule has 162 valence electrons. The molecule has 7 heteroatoms. The van der Waals surface area contributed by atoms with E-state index < -0.39 is 16.1 Å². The zero-order valence-corrected chi connectivity index (χ0v) is 18.2. The average Bonchev–Trinajstić information content (AvgIpc) is 2.73. The number of rotatable bonds is 7. The molecule has 2 fully saturated rings. The Kier molecular flexibility index (Phi) is 7.71. The molecule has 2 aliphatic rings. The fraction of sp³-hybridized carbons (Fsp3) is 0.682. The second-order valence-corrected chi connectivity index (χ2v) is 10.3. The van der Waals surface area contributed by atoms with Gasteiger partial charge in [0.25, 0.3) is 0 Å². The van der Waals surface area contributed by atoms with E-state index in [1.165, 1.54) is 4.31 Å². The van der Waals surface area contributed by atoms with E-state index >= 15 is 0 Å². The number of piperidine rings is 1. The largest absolute Gasteiger partial charge is 0.391 e. The first-order chi connectivity index (χ1) is 13.9. The quantitative estimate of drug-likeness (QED) is 0.733. The highest BCUT2D eigenvalue weighted by Gasteiger charge is 2.37. The molecule has 0 unspecified atom stereocenters. The van der Waals surface area contributed by atoms with Crippen LogP contribution in [0.15, 0.2) is 30.3 Å². The minimum absolute atomic E-state index is 0.00266. The van der Waals surface area contributed by atoms with Gasteiger partial charge in [-0.15, -0.1) is 0 Å². The SMILES string of the molecule is CCCN(C(=O)C1CCN(S(=O)(=O)Cc2ccccc2)CC1)[C@@H]1CCCC[C@@H]1O. The van der Waals surface area contributed by atoms with Gasteiger partial charge in [0.15, 0.2) is 0 Å². The molecule has 1 aliphatic heterocycles. The molecule has 0 aromatic heterocycles. The van der Waals surface area contributed by atoms with Crippen LogP contribution in [0, 0.1) is 5.92 Å². The predicted molar refractivity (Wildman–Crippen MR) is 114 cm³/mol. The second-order valence-electron chi connectivity index (χ2n) is 8.37. The summed E-state index contributed by atoms with van der Waals surface area (Å²) in [6.45, 7) is 3.48. The van der Waals surface area contributed by atoms with E-state index in [4.69, 9.17) is 0 Å². The molecular weight excluding hydrogens is 388 g/mol. The van der Waals surface area contributed by atoms with Crippen LogP contribution in [0.25, 0.3) is 0 Å². The van der Waals surface area contributed by atoms with E-state index in [1.807, 2.05) is 42.2 Å². The molecular formula is C22H34N2O4S. The van der Waals surface area contributed by atoms with Gasteiger partial charge in [0.1, 0.15) is 0 Å². The lowest BCUT2D eigenvalue weighted by Crippen LogP contribution is -2.52. The molecule has 1 aromatic rings. The molecule has 1 aliphatic carbocycles. The Morgan fingerprint density at radius 1 is 1.10 bits per heavy atom. The van der Waals surface area contributed by atoms with E-state index in [9.17, 15) is 18.3 Å². The lowest BCUT2D eigenvalue weighted by atomic mass is 9.89. The van der Waals surface area contributed by atoms with Gasteiger partial charge in [-0.25, -0.2) is 12.7 Å². The number of carbonyl (C=O) groups is 1. The molecule has 1 saturated carbocycles. The molecule has 1 N–H and O–H groups in total. The number of amides is 1.